The third-order valence-corrected chi connectivity index (χ3v) is 20.5. The smallest absolute Gasteiger partial charge is 0.308 e. The molecule has 12 atom stereocenters. The van der Waals surface area contributed by atoms with Crippen molar-refractivity contribution in [3.63, 3.8) is 0 Å². The molecule has 22 nitrogen and oxygen atoms in total. The van der Waals surface area contributed by atoms with Crippen LogP contribution in [0.3, 0.4) is 0 Å². The summed E-state index contributed by atoms with van der Waals surface area (Å²) in [5, 5.41) is 38.8. The van der Waals surface area contributed by atoms with Crippen molar-refractivity contribution in [2.45, 2.75) is 101 Å². The Morgan fingerprint density at radius 2 is 0.979 bits per heavy atom. The summed E-state index contributed by atoms with van der Waals surface area (Å²) in [7, 11) is 12.7. The molecule has 0 spiro atoms. The molecule has 1 amide bonds. The van der Waals surface area contributed by atoms with E-state index in [-0.39, 0.29) is 91.6 Å². The quantitative estimate of drug-likeness (QED) is 0.0520. The molecule has 0 unspecified atom stereocenters. The van der Waals surface area contributed by atoms with Gasteiger partial charge in [0.25, 0.3) is 0 Å². The maximum Gasteiger partial charge on any atom is 0.308 e. The number of ether oxygens (including phenoxy) is 7. The summed E-state index contributed by atoms with van der Waals surface area (Å²) in [6.07, 6.45) is 6.84. The predicted octanol–water partition coefficient (Wildman–Crippen LogP) is 9.34. The highest BCUT2D eigenvalue weighted by Crippen LogP contribution is 2.45. The lowest BCUT2D eigenvalue weighted by atomic mass is 9.83. The lowest BCUT2D eigenvalue weighted by molar-refractivity contribution is -0.670. The lowest BCUT2D eigenvalue weighted by Crippen LogP contribution is -2.45. The van der Waals surface area contributed by atoms with Gasteiger partial charge in [-0.25, -0.2) is 4.57 Å². The van der Waals surface area contributed by atoms with Gasteiger partial charge < -0.3 is 73.2 Å². The number of fused-ring (bicyclic) bond motifs is 2. The summed E-state index contributed by atoms with van der Waals surface area (Å²) in [4.78, 5) is 71.4. The van der Waals surface area contributed by atoms with Crippen LogP contribution in [0, 0.1) is 23.7 Å². The van der Waals surface area contributed by atoms with Crippen molar-refractivity contribution in [3.8, 4) is 40.2 Å². The van der Waals surface area contributed by atoms with Crippen molar-refractivity contribution in [1.29, 1.82) is 0 Å². The van der Waals surface area contributed by atoms with Crippen molar-refractivity contribution in [1.82, 2.24) is 19.6 Å². The molecule has 6 aromatic rings. The van der Waals surface area contributed by atoms with Crippen molar-refractivity contribution < 1.29 is 82.1 Å². The van der Waals surface area contributed by atoms with E-state index in [2.05, 4.69) is 26.5 Å². The number of para-hydroxylation sites is 1. The summed E-state index contributed by atoms with van der Waals surface area (Å²) < 4.78 is 39.7. The Morgan fingerprint density at radius 3 is 1.43 bits per heavy atom. The molecule has 6 aliphatic rings. The van der Waals surface area contributed by atoms with Gasteiger partial charge in [0, 0.05) is 86.6 Å². The Hall–Kier alpha value is -8.96. The molecule has 520 valence electrons. The van der Waals surface area contributed by atoms with E-state index in [1.807, 2.05) is 192 Å². The fraction of sp³-hybridized carbons (Fsp3) is 0.467. The summed E-state index contributed by atoms with van der Waals surface area (Å²) >= 11 is 0. The minimum absolute atomic E-state index is 0.0440. The number of hydrogen-bond acceptors (Lipinski definition) is 16. The van der Waals surface area contributed by atoms with Crippen LogP contribution in [0.2, 0.25) is 0 Å². The average Bonchev–Trinajstić information content (AvgIpc) is 1.64. The fourth-order valence-corrected chi connectivity index (χ4v) is 14.8. The van der Waals surface area contributed by atoms with E-state index in [1.54, 1.807) is 21.3 Å². The molecule has 4 saturated heterocycles. The van der Waals surface area contributed by atoms with Gasteiger partial charge in [-0.15, -0.1) is 0 Å². The number of carbonyl (C=O) groups excluding carboxylic acids is 1. The monoisotopic (exact) mass is 1340 g/mol. The number of amides is 1. The molecule has 22 heteroatoms. The zero-order valence-electron chi connectivity index (χ0n) is 57.5. The number of hydrogen-bond donors (Lipinski definition) is 4. The number of anilines is 1. The molecule has 6 aliphatic heterocycles. The molecule has 1 aromatic heterocycles. The van der Waals surface area contributed by atoms with Crippen LogP contribution in [-0.4, -0.2) is 189 Å². The van der Waals surface area contributed by atoms with E-state index in [0.29, 0.717) is 48.9 Å². The van der Waals surface area contributed by atoms with Gasteiger partial charge in [-0.05, 0) is 150 Å². The average molecular weight is 1340 g/mol. The van der Waals surface area contributed by atoms with E-state index >= 15 is 0 Å². The summed E-state index contributed by atoms with van der Waals surface area (Å²) in [5.74, 6) is 0.0727. The van der Waals surface area contributed by atoms with Gasteiger partial charge in [0.05, 0.1) is 51.5 Å². The number of benzene rings is 5. The molecule has 0 saturated carbocycles. The first-order chi connectivity index (χ1) is 46.5. The van der Waals surface area contributed by atoms with Crippen LogP contribution in [0.25, 0.3) is 0 Å². The zero-order chi connectivity index (χ0) is 69.8. The second kappa shape index (κ2) is 32.9. The molecule has 97 heavy (non-hydrogen) atoms. The number of rotatable bonds is 20. The van der Waals surface area contributed by atoms with Crippen molar-refractivity contribution in [3.05, 3.63) is 162 Å². The van der Waals surface area contributed by atoms with Crippen LogP contribution >= 0.6 is 0 Å². The zero-order valence-corrected chi connectivity index (χ0v) is 57.5. The Balaban J connectivity index is 0.000000169. The van der Waals surface area contributed by atoms with Gasteiger partial charge in [-0.3, -0.25) is 28.9 Å². The summed E-state index contributed by atoms with van der Waals surface area (Å²) in [6.45, 7) is 11.8. The highest BCUT2D eigenvalue weighted by atomic mass is 16.7. The van der Waals surface area contributed by atoms with Gasteiger partial charge in [-0.1, -0.05) is 67.9 Å². The van der Waals surface area contributed by atoms with Crippen molar-refractivity contribution in [2.24, 2.45) is 30.7 Å². The van der Waals surface area contributed by atoms with Crippen molar-refractivity contribution >= 4 is 35.5 Å². The third kappa shape index (κ3) is 16.9. The second-order valence-corrected chi connectivity index (χ2v) is 26.2. The normalized spacial score (nSPS) is 24.8. The number of aryl methyl sites for hydroxylation is 2. The van der Waals surface area contributed by atoms with Gasteiger partial charge in [0.1, 0.15) is 30.0 Å². The van der Waals surface area contributed by atoms with Crippen molar-refractivity contribution in [2.75, 3.05) is 100 Å². The molecule has 0 aliphatic carbocycles. The first kappa shape index (κ1) is 72.3. The van der Waals surface area contributed by atoms with Gasteiger partial charge >= 0.3 is 23.9 Å². The van der Waals surface area contributed by atoms with Crippen LogP contribution in [0.1, 0.15) is 98.4 Å². The number of unbranched alkanes of at least 4 members (excludes halogenated alkanes) is 1. The summed E-state index contributed by atoms with van der Waals surface area (Å²) in [6, 6.07) is 38.2. The molecule has 5 aromatic carbocycles. The topological polar surface area (TPSA) is 251 Å². The molecule has 0 bridgehead atoms. The first-order valence-corrected chi connectivity index (χ1v) is 33.3. The second-order valence-electron chi connectivity index (χ2n) is 26.2. The van der Waals surface area contributed by atoms with Gasteiger partial charge in [0.2, 0.25) is 19.5 Å². The number of likely N-dealkylation sites (tertiary alicyclic amines) is 4. The number of methoxy groups -OCH3 is 3. The van der Waals surface area contributed by atoms with Gasteiger partial charge in [-0.2, -0.15) is 0 Å². The van der Waals surface area contributed by atoms with Crippen LogP contribution in [0.15, 0.2) is 134 Å². The minimum Gasteiger partial charge on any atom is -0.497 e. The molecule has 4 N–H and O–H groups in total. The van der Waals surface area contributed by atoms with Crippen LogP contribution in [-0.2, 0) is 37.4 Å². The minimum atomic E-state index is -0.876. The van der Waals surface area contributed by atoms with E-state index in [0.717, 1.165) is 83.2 Å². The molecular formula is C75H95N6O16+. The number of pyridine rings is 1. The molecule has 0 radical (unpaired) electrons. The van der Waals surface area contributed by atoms with E-state index in [9.17, 15) is 44.4 Å². The van der Waals surface area contributed by atoms with Gasteiger partial charge in [0.15, 0.2) is 35.4 Å². The highest BCUT2D eigenvalue weighted by molar-refractivity contribution is 5.94. The number of aromatic nitrogens is 1. The Morgan fingerprint density at radius 1 is 0.536 bits per heavy atom. The number of aliphatic carboxylic acids is 4. The number of nitrogens with zero attached hydrogens (tertiary/aromatic N) is 6. The predicted molar refractivity (Wildman–Crippen MR) is 364 cm³/mol. The number of carboxylic acids is 4. The SMILES string of the molecule is CCCCN(C(=O)CN1C[C@H](c2ccc3c(c2)OCO3)[C@@H](C(=O)O)[C@@H]1CCc1cccc2c1OCO2)c1ccc[n+](C)c1.COc1ccc([C@H]2CN(C)[C@@H](C)[C@@H]2C(=O)O)cc1.COc1ccc([C@H]2CN(C)[C@@H](C)[C@@H]2C(=O)O)cc1.COc1ccc([C@H]2CN(C)[C@@H](C)[C@@H]2C(=O)O)cc1. The standard InChI is InChI=1S/C33H37N3O7.3C14H19NO3/c1-3-4-15-36(24-8-6-14-34(2)17-24)30(37)19-35-18-25(23-11-13-27-29(16-23)42-20-40-27)31(33(38)39)26(35)12-10-22-7-5-9-28-32(22)43-21-41-28;3*1-9-13(14(16)17)12(8-15(9)2)10-4-6-11(18-3)7-5-10/h5-9,11,13-14,16-17,25-26,31H,3-4,10,12,15,18-21H2,1-2H3;3*4-7,9,12-13H,8H2,1-3H3,(H,16,17)/p+1/t25-,26+,31-;3*9-,12+,13-/m1000/s1. The number of carboxylic acid groups (broad SMARTS) is 4. The Bertz CT molecular complexity index is 3450. The Kier molecular flexibility index (Phi) is 24.5. The fourth-order valence-electron chi connectivity index (χ4n) is 14.8. The Labute approximate surface area is 568 Å². The third-order valence-electron chi connectivity index (χ3n) is 20.5. The highest BCUT2D eigenvalue weighted by Gasteiger charge is 2.49. The molecule has 7 heterocycles. The van der Waals surface area contributed by atoms with Crippen LogP contribution in [0.4, 0.5) is 5.69 Å². The molecule has 4 fully saturated rings. The molecule has 12 rings (SSSR count). The molecular weight excluding hydrogens is 1240 g/mol. The van der Waals surface area contributed by atoms with E-state index in [4.69, 9.17) is 33.2 Å². The van der Waals surface area contributed by atoms with E-state index < -0.39 is 29.8 Å². The number of carbonyl (C=O) groups is 5. The maximum absolute atomic E-state index is 14.0. The largest absolute Gasteiger partial charge is 0.497 e. The van der Waals surface area contributed by atoms with E-state index in [1.165, 1.54) is 0 Å². The first-order valence-electron chi connectivity index (χ1n) is 33.3. The summed E-state index contributed by atoms with van der Waals surface area (Å²) in [5.41, 5.74) is 5.88. The van der Waals surface area contributed by atoms with Crippen LogP contribution < -0.4 is 42.6 Å². The van der Waals surface area contributed by atoms with Crippen LogP contribution in [0.5, 0.6) is 40.2 Å². The lowest BCUT2D eigenvalue weighted by Gasteiger charge is -2.29. The maximum atomic E-state index is 14.0. The number of likely N-dealkylation sites (N-methyl/N-ethyl adjacent to an activating group) is 3.